The predicted octanol–water partition coefficient (Wildman–Crippen LogP) is 1.57. The molecule has 3 N–H and O–H groups in total. The molecule has 0 bridgehead atoms. The molecule has 0 saturated carbocycles. The van der Waals surface area contributed by atoms with E-state index in [1.807, 2.05) is 37.3 Å². The second-order valence-electron chi connectivity index (χ2n) is 6.14. The van der Waals surface area contributed by atoms with E-state index in [9.17, 15) is 10.5 Å². The van der Waals surface area contributed by atoms with E-state index in [0.29, 0.717) is 5.70 Å². The number of nitrogens with one attached hydrogen (secondary N) is 1. The van der Waals surface area contributed by atoms with Gasteiger partial charge in [-0.2, -0.15) is 10.5 Å². The minimum Gasteiger partial charge on any atom is -0.386 e. The van der Waals surface area contributed by atoms with Crippen LogP contribution in [0.3, 0.4) is 0 Å². The zero-order valence-electron chi connectivity index (χ0n) is 14.3. The largest absolute Gasteiger partial charge is 0.386 e. The maximum atomic E-state index is 10.2. The van der Waals surface area contributed by atoms with Crippen molar-refractivity contribution in [1.29, 1.82) is 10.5 Å². The number of nitrogens with zero attached hydrogens (tertiary/aromatic N) is 3. The van der Waals surface area contributed by atoms with Crippen LogP contribution in [-0.4, -0.2) is 26.0 Å². The quantitative estimate of drug-likeness (QED) is 0.809. The van der Waals surface area contributed by atoms with Gasteiger partial charge in [0.15, 0.2) is 10.8 Å². The molecule has 1 aromatic rings. The molecule has 7 heteroatoms. The summed E-state index contributed by atoms with van der Waals surface area (Å²) in [5.74, 6) is -1.69. The number of allylic oxidation sites excluding steroid dienone is 1. The third-order valence-corrected chi connectivity index (χ3v) is 5.07. The third kappa shape index (κ3) is 1.82. The van der Waals surface area contributed by atoms with Crippen LogP contribution in [-0.2, 0) is 9.47 Å². The second-order valence-corrected chi connectivity index (χ2v) is 6.14. The van der Waals surface area contributed by atoms with Crippen LogP contribution in [0.1, 0.15) is 18.5 Å². The first-order chi connectivity index (χ1) is 12.0. The highest BCUT2D eigenvalue weighted by Crippen LogP contribution is 2.62. The lowest BCUT2D eigenvalue weighted by atomic mass is 9.57. The van der Waals surface area contributed by atoms with Crippen LogP contribution in [0.25, 0.3) is 0 Å². The molecule has 0 saturated heterocycles. The van der Waals surface area contributed by atoms with Crippen LogP contribution < -0.4 is 11.1 Å². The third-order valence-electron chi connectivity index (χ3n) is 5.07. The summed E-state index contributed by atoms with van der Waals surface area (Å²) in [5, 5.41) is 23.7. The number of hydrogen-bond donors (Lipinski definition) is 2. The monoisotopic (exact) mass is 337 g/mol. The van der Waals surface area contributed by atoms with Crippen LogP contribution >= 0.6 is 0 Å². The highest BCUT2D eigenvalue weighted by atomic mass is 16.7. The number of methoxy groups -OCH3 is 2. The number of benzene rings is 1. The highest BCUT2D eigenvalue weighted by Gasteiger charge is 2.76. The smallest absolute Gasteiger partial charge is 0.296 e. The predicted molar refractivity (Wildman–Crippen MR) is 90.5 cm³/mol. The van der Waals surface area contributed by atoms with E-state index in [-0.39, 0.29) is 5.84 Å². The molecule has 0 amide bonds. The van der Waals surface area contributed by atoms with E-state index in [2.05, 4.69) is 22.4 Å². The SMILES string of the molecule is COC1(OC)N=C(N)[C@@]2(C#N)[C@H](c3ccccc3)NC(C)=C[C@@]12C#N. The van der Waals surface area contributed by atoms with Crippen LogP contribution in [0.15, 0.2) is 47.1 Å². The van der Waals surface area contributed by atoms with Crippen LogP contribution in [0.2, 0.25) is 0 Å². The van der Waals surface area contributed by atoms with Crippen LogP contribution in [0, 0.1) is 33.5 Å². The summed E-state index contributed by atoms with van der Waals surface area (Å²) in [5.41, 5.74) is 4.74. The molecule has 0 unspecified atom stereocenters. The van der Waals surface area contributed by atoms with Gasteiger partial charge in [-0.3, -0.25) is 0 Å². The Bertz CT molecular complexity index is 831. The topological polar surface area (TPSA) is 116 Å². The molecular formula is C18H19N5O2. The van der Waals surface area contributed by atoms with Gasteiger partial charge in [-0.25, -0.2) is 4.99 Å². The first-order valence-electron chi connectivity index (χ1n) is 7.76. The fourth-order valence-corrected chi connectivity index (χ4v) is 3.95. The minimum atomic E-state index is -1.70. The van der Waals surface area contributed by atoms with Gasteiger partial charge >= 0.3 is 0 Å². The molecule has 2 aliphatic heterocycles. The molecule has 0 spiro atoms. The lowest BCUT2D eigenvalue weighted by molar-refractivity contribution is -0.250. The summed E-state index contributed by atoms with van der Waals surface area (Å²) >= 11 is 0. The van der Waals surface area contributed by atoms with Crippen molar-refractivity contribution in [2.24, 2.45) is 21.6 Å². The first-order valence-corrected chi connectivity index (χ1v) is 7.76. The molecule has 2 aliphatic rings. The zero-order chi connectivity index (χ0) is 18.3. The number of aliphatic imine (C=N–C) groups is 1. The maximum absolute atomic E-state index is 10.2. The Kier molecular flexibility index (Phi) is 3.80. The number of ether oxygens (including phenoxy) is 2. The van der Waals surface area contributed by atoms with Gasteiger partial charge in [-0.1, -0.05) is 30.3 Å². The van der Waals surface area contributed by atoms with Gasteiger partial charge in [0.05, 0.1) is 18.2 Å². The summed E-state index contributed by atoms with van der Waals surface area (Å²) in [6.45, 7) is 1.82. The molecule has 7 nitrogen and oxygen atoms in total. The Morgan fingerprint density at radius 1 is 1.16 bits per heavy atom. The zero-order valence-corrected chi connectivity index (χ0v) is 14.3. The fourth-order valence-electron chi connectivity index (χ4n) is 3.95. The number of fused-ring (bicyclic) bond motifs is 1. The molecule has 0 aromatic heterocycles. The molecule has 0 aliphatic carbocycles. The number of nitrogens with two attached hydrogens (primary N) is 1. The number of nitriles is 2. The molecule has 3 atom stereocenters. The van der Waals surface area contributed by atoms with Crippen molar-refractivity contribution in [3.05, 3.63) is 47.7 Å². The van der Waals surface area contributed by atoms with Gasteiger partial charge in [-0.15, -0.1) is 0 Å². The van der Waals surface area contributed by atoms with E-state index in [1.54, 1.807) is 6.08 Å². The van der Waals surface area contributed by atoms with E-state index >= 15 is 0 Å². The Morgan fingerprint density at radius 2 is 1.80 bits per heavy atom. The lowest BCUT2D eigenvalue weighted by Gasteiger charge is -2.48. The van der Waals surface area contributed by atoms with Crippen LogP contribution in [0.4, 0.5) is 0 Å². The van der Waals surface area contributed by atoms with Crippen molar-refractivity contribution < 1.29 is 9.47 Å². The van der Waals surface area contributed by atoms with E-state index in [0.717, 1.165) is 5.56 Å². The molecule has 1 aromatic carbocycles. The summed E-state index contributed by atoms with van der Waals surface area (Å²) in [4.78, 5) is 4.32. The van der Waals surface area contributed by atoms with Gasteiger partial charge in [0.25, 0.3) is 5.91 Å². The minimum absolute atomic E-state index is 0.00496. The van der Waals surface area contributed by atoms with Gasteiger partial charge in [0.1, 0.15) is 5.84 Å². The van der Waals surface area contributed by atoms with Crippen molar-refractivity contribution in [3.63, 3.8) is 0 Å². The summed E-state index contributed by atoms with van der Waals surface area (Å²) in [6.07, 6.45) is 1.63. The Morgan fingerprint density at radius 3 is 2.32 bits per heavy atom. The normalized spacial score (nSPS) is 32.4. The Hall–Kier alpha value is -2.87. The summed E-state index contributed by atoms with van der Waals surface area (Å²) < 4.78 is 11.0. The first kappa shape index (κ1) is 17.0. The van der Waals surface area contributed by atoms with E-state index in [4.69, 9.17) is 15.2 Å². The molecule has 128 valence electrons. The van der Waals surface area contributed by atoms with Gasteiger partial charge in [-0.05, 0) is 18.6 Å². The molecule has 3 rings (SSSR count). The van der Waals surface area contributed by atoms with Crippen molar-refractivity contribution in [2.75, 3.05) is 14.2 Å². The highest BCUT2D eigenvalue weighted by molar-refractivity contribution is 5.95. The summed E-state index contributed by atoms with van der Waals surface area (Å²) in [7, 11) is 2.77. The molecule has 25 heavy (non-hydrogen) atoms. The van der Waals surface area contributed by atoms with Gasteiger partial charge < -0.3 is 20.5 Å². The average Bonchev–Trinajstić information content (AvgIpc) is 2.87. The van der Waals surface area contributed by atoms with E-state index in [1.165, 1.54) is 14.2 Å². The summed E-state index contributed by atoms with van der Waals surface area (Å²) in [6, 6.07) is 13.3. The van der Waals surface area contributed by atoms with Gasteiger partial charge in [0, 0.05) is 19.9 Å². The standard InChI is InChI=1S/C18H19N5O2/c1-12-9-16(10-19)17(11-20,15(21)23-18(16,24-2)25-3)14(22-12)13-7-5-4-6-8-13/h4-9,14,22H,1-3H3,(H2,21,23)/t14-,16-,17+/m0/s1. The van der Waals surface area contributed by atoms with Crippen molar-refractivity contribution >= 4 is 5.84 Å². The maximum Gasteiger partial charge on any atom is 0.296 e. The lowest BCUT2D eigenvalue weighted by Crippen LogP contribution is -2.61. The Balaban J connectivity index is 2.38. The average molecular weight is 337 g/mol. The van der Waals surface area contributed by atoms with Crippen molar-refractivity contribution in [2.45, 2.75) is 18.9 Å². The van der Waals surface area contributed by atoms with Gasteiger partial charge in [0.2, 0.25) is 0 Å². The molecule has 0 radical (unpaired) electrons. The Labute approximate surface area is 146 Å². The van der Waals surface area contributed by atoms with Crippen molar-refractivity contribution in [3.8, 4) is 12.1 Å². The molecule has 2 heterocycles. The van der Waals surface area contributed by atoms with Crippen molar-refractivity contribution in [1.82, 2.24) is 5.32 Å². The number of amidine groups is 1. The van der Waals surface area contributed by atoms with Crippen LogP contribution in [0.5, 0.6) is 0 Å². The fraction of sp³-hybridized carbons (Fsp3) is 0.389. The molecular weight excluding hydrogens is 318 g/mol. The second kappa shape index (κ2) is 5.59. The number of rotatable bonds is 3. The molecule has 0 fully saturated rings. The van der Waals surface area contributed by atoms with E-state index < -0.39 is 22.8 Å². The number of hydrogen-bond acceptors (Lipinski definition) is 7.